The van der Waals surface area contributed by atoms with E-state index in [1.54, 1.807) is 0 Å². The Morgan fingerprint density at radius 2 is 2.00 bits per heavy atom. The van der Waals surface area contributed by atoms with E-state index in [0.29, 0.717) is 12.0 Å². The number of rotatable bonds is 5. The Hall–Kier alpha value is -0.120. The predicted molar refractivity (Wildman–Crippen MR) is 44.2 cm³/mol. The number of hydrazine groups is 1. The molecule has 0 heterocycles. The van der Waals surface area contributed by atoms with Crippen LogP contribution in [0.2, 0.25) is 0 Å². The molecule has 1 unspecified atom stereocenters. The number of nitrogens with two attached hydrogens (primary N) is 2. The van der Waals surface area contributed by atoms with Crippen molar-refractivity contribution in [3.8, 4) is 0 Å². The first-order valence-corrected chi connectivity index (χ1v) is 3.88. The zero-order chi connectivity index (χ0) is 7.98. The molecule has 0 bridgehead atoms. The van der Waals surface area contributed by atoms with E-state index in [0.717, 1.165) is 19.4 Å². The van der Waals surface area contributed by atoms with Crippen molar-refractivity contribution in [1.29, 1.82) is 0 Å². The highest BCUT2D eigenvalue weighted by Gasteiger charge is 2.09. The summed E-state index contributed by atoms with van der Waals surface area (Å²) < 4.78 is 0. The van der Waals surface area contributed by atoms with Crippen LogP contribution in [-0.2, 0) is 0 Å². The molecule has 3 heteroatoms. The van der Waals surface area contributed by atoms with E-state index in [9.17, 15) is 0 Å². The second-order valence-electron chi connectivity index (χ2n) is 2.95. The molecular weight excluding hydrogens is 126 g/mol. The van der Waals surface area contributed by atoms with Gasteiger partial charge in [0.25, 0.3) is 0 Å². The molecular formula is C7H19N3. The lowest BCUT2D eigenvalue weighted by molar-refractivity contribution is 0.378. The van der Waals surface area contributed by atoms with Crippen LogP contribution in [0.3, 0.4) is 0 Å². The summed E-state index contributed by atoms with van der Waals surface area (Å²) in [6.07, 6.45) is 2.12. The van der Waals surface area contributed by atoms with E-state index in [4.69, 9.17) is 11.6 Å². The van der Waals surface area contributed by atoms with Gasteiger partial charge < -0.3 is 5.73 Å². The highest BCUT2D eigenvalue weighted by atomic mass is 15.2. The van der Waals surface area contributed by atoms with Crippen LogP contribution in [0.1, 0.15) is 26.7 Å². The van der Waals surface area contributed by atoms with Crippen molar-refractivity contribution in [3.05, 3.63) is 0 Å². The van der Waals surface area contributed by atoms with Crippen LogP contribution < -0.4 is 17.0 Å². The average Bonchev–Trinajstić information content (AvgIpc) is 1.89. The summed E-state index contributed by atoms with van der Waals surface area (Å²) in [6, 6.07) is 0.420. The van der Waals surface area contributed by atoms with Crippen molar-refractivity contribution < 1.29 is 0 Å². The van der Waals surface area contributed by atoms with Crippen LogP contribution in [0.25, 0.3) is 0 Å². The van der Waals surface area contributed by atoms with E-state index in [-0.39, 0.29) is 0 Å². The lowest BCUT2D eigenvalue weighted by atomic mass is 10.0. The Morgan fingerprint density at radius 3 is 2.30 bits per heavy atom. The molecule has 0 rings (SSSR count). The molecule has 5 N–H and O–H groups in total. The molecule has 0 saturated heterocycles. The second-order valence-corrected chi connectivity index (χ2v) is 2.95. The molecule has 0 radical (unpaired) electrons. The lowest BCUT2D eigenvalue weighted by Gasteiger charge is -2.18. The van der Waals surface area contributed by atoms with Gasteiger partial charge in [-0.1, -0.05) is 13.8 Å². The van der Waals surface area contributed by atoms with E-state index >= 15 is 0 Å². The number of hydrogen-bond acceptors (Lipinski definition) is 3. The molecule has 62 valence electrons. The van der Waals surface area contributed by atoms with Crippen LogP contribution in [0.15, 0.2) is 0 Å². The van der Waals surface area contributed by atoms with Crippen molar-refractivity contribution >= 4 is 0 Å². The van der Waals surface area contributed by atoms with Crippen LogP contribution in [0.5, 0.6) is 0 Å². The van der Waals surface area contributed by atoms with Gasteiger partial charge in [0.1, 0.15) is 0 Å². The summed E-state index contributed by atoms with van der Waals surface area (Å²) in [5.74, 6) is 5.92. The first-order chi connectivity index (χ1) is 4.72. The van der Waals surface area contributed by atoms with E-state index < -0.39 is 0 Å². The topological polar surface area (TPSA) is 64.1 Å². The first-order valence-electron chi connectivity index (χ1n) is 3.88. The molecule has 1 atom stereocenters. The van der Waals surface area contributed by atoms with Gasteiger partial charge in [-0.05, 0) is 25.3 Å². The monoisotopic (exact) mass is 145 g/mol. The maximum Gasteiger partial charge on any atom is 0.0234 e. The minimum absolute atomic E-state index is 0.420. The Morgan fingerprint density at radius 1 is 1.40 bits per heavy atom. The summed E-state index contributed by atoms with van der Waals surface area (Å²) in [4.78, 5) is 0. The molecule has 10 heavy (non-hydrogen) atoms. The van der Waals surface area contributed by atoms with Gasteiger partial charge in [0, 0.05) is 6.04 Å². The normalized spacial score (nSPS) is 14.1. The molecule has 0 spiro atoms. The Balaban J connectivity index is 3.40. The molecule has 0 fully saturated rings. The Labute approximate surface area is 63.1 Å². The van der Waals surface area contributed by atoms with Crippen molar-refractivity contribution in [2.45, 2.75) is 32.7 Å². The summed E-state index contributed by atoms with van der Waals surface area (Å²) >= 11 is 0. The van der Waals surface area contributed by atoms with Gasteiger partial charge >= 0.3 is 0 Å². The maximum atomic E-state index is 5.36. The zero-order valence-corrected chi connectivity index (χ0v) is 6.93. The lowest BCUT2D eigenvalue weighted by Crippen LogP contribution is -2.39. The molecule has 3 nitrogen and oxygen atoms in total. The smallest absolute Gasteiger partial charge is 0.0234 e. The van der Waals surface area contributed by atoms with E-state index in [2.05, 4.69) is 19.3 Å². The quantitative estimate of drug-likeness (QED) is 0.383. The van der Waals surface area contributed by atoms with E-state index in [1.807, 2.05) is 0 Å². The highest BCUT2D eigenvalue weighted by molar-refractivity contribution is 4.66. The van der Waals surface area contributed by atoms with Gasteiger partial charge in [-0.2, -0.15) is 0 Å². The summed E-state index contributed by atoms with van der Waals surface area (Å²) in [6.45, 7) is 5.06. The van der Waals surface area contributed by atoms with Crippen molar-refractivity contribution in [1.82, 2.24) is 5.43 Å². The Bertz CT molecular complexity index is 73.3. The molecule has 0 aliphatic carbocycles. The molecule has 0 aromatic rings. The van der Waals surface area contributed by atoms with Gasteiger partial charge in [0.15, 0.2) is 0 Å². The number of hydrogen-bond donors (Lipinski definition) is 3. The predicted octanol–water partition coefficient (Wildman–Crippen LogP) is 0.213. The third-order valence-electron chi connectivity index (χ3n) is 1.74. The van der Waals surface area contributed by atoms with Crippen LogP contribution in [0, 0.1) is 5.92 Å². The SMILES string of the molecule is CC(C)C(CCCN)NN. The average molecular weight is 145 g/mol. The second kappa shape index (κ2) is 5.65. The zero-order valence-electron chi connectivity index (χ0n) is 6.93. The fraction of sp³-hybridized carbons (Fsp3) is 1.00. The molecule has 0 aliphatic rings. The van der Waals surface area contributed by atoms with Crippen molar-refractivity contribution in [2.24, 2.45) is 17.5 Å². The van der Waals surface area contributed by atoms with Gasteiger partial charge in [0.05, 0.1) is 0 Å². The molecule has 0 aliphatic heterocycles. The van der Waals surface area contributed by atoms with Crippen molar-refractivity contribution in [2.75, 3.05) is 6.54 Å². The fourth-order valence-electron chi connectivity index (χ4n) is 0.947. The minimum atomic E-state index is 0.420. The van der Waals surface area contributed by atoms with Gasteiger partial charge in [-0.3, -0.25) is 11.3 Å². The van der Waals surface area contributed by atoms with Gasteiger partial charge in [-0.15, -0.1) is 0 Å². The summed E-state index contributed by atoms with van der Waals surface area (Å²) in [7, 11) is 0. The highest BCUT2D eigenvalue weighted by Crippen LogP contribution is 2.05. The van der Waals surface area contributed by atoms with Crippen LogP contribution in [0.4, 0.5) is 0 Å². The molecule has 0 amide bonds. The van der Waals surface area contributed by atoms with Crippen LogP contribution >= 0.6 is 0 Å². The van der Waals surface area contributed by atoms with Crippen LogP contribution in [-0.4, -0.2) is 12.6 Å². The third-order valence-corrected chi connectivity index (χ3v) is 1.74. The number of nitrogens with one attached hydrogen (secondary N) is 1. The van der Waals surface area contributed by atoms with E-state index in [1.165, 1.54) is 0 Å². The van der Waals surface area contributed by atoms with Crippen molar-refractivity contribution in [3.63, 3.8) is 0 Å². The Kier molecular flexibility index (Phi) is 5.58. The first kappa shape index (κ1) is 9.88. The fourth-order valence-corrected chi connectivity index (χ4v) is 0.947. The minimum Gasteiger partial charge on any atom is -0.330 e. The largest absolute Gasteiger partial charge is 0.330 e. The standard InChI is InChI=1S/C7H19N3/c1-6(2)7(10-9)4-3-5-8/h6-7,10H,3-5,8-9H2,1-2H3. The van der Waals surface area contributed by atoms with Gasteiger partial charge in [-0.25, -0.2) is 0 Å². The van der Waals surface area contributed by atoms with Gasteiger partial charge in [0.2, 0.25) is 0 Å². The summed E-state index contributed by atoms with van der Waals surface area (Å²) in [5, 5.41) is 0. The molecule has 0 aromatic heterocycles. The third kappa shape index (κ3) is 3.82. The maximum absolute atomic E-state index is 5.36. The molecule has 0 saturated carbocycles. The molecule has 0 aromatic carbocycles. The summed E-state index contributed by atoms with van der Waals surface area (Å²) in [5.41, 5.74) is 8.14.